The molecule has 11 heteroatoms. The van der Waals surface area contributed by atoms with Crippen LogP contribution in [0.25, 0.3) is 22.3 Å². The number of fused-ring (bicyclic) bond motifs is 2. The molecule has 1 aromatic carbocycles. The molecule has 0 bridgehead atoms. The van der Waals surface area contributed by atoms with E-state index in [9.17, 15) is 14.7 Å². The van der Waals surface area contributed by atoms with Crippen LogP contribution in [-0.4, -0.2) is 68.0 Å². The number of aromatic nitrogens is 3. The van der Waals surface area contributed by atoms with E-state index in [1.165, 1.54) is 19.2 Å². The molecule has 3 aromatic rings. The van der Waals surface area contributed by atoms with Gasteiger partial charge >= 0.3 is 6.09 Å². The van der Waals surface area contributed by atoms with Crippen LogP contribution in [0.1, 0.15) is 75.3 Å². The summed E-state index contributed by atoms with van der Waals surface area (Å²) in [6.07, 6.45) is 5.68. The average Bonchev–Trinajstić information content (AvgIpc) is 3.50. The van der Waals surface area contributed by atoms with Crippen molar-refractivity contribution >= 4 is 23.0 Å². The number of hydrogen-bond acceptors (Lipinski definition) is 7. The lowest BCUT2D eigenvalue weighted by Gasteiger charge is -2.42. The highest BCUT2D eigenvalue weighted by Crippen LogP contribution is 2.48. The van der Waals surface area contributed by atoms with Crippen LogP contribution in [0.3, 0.4) is 0 Å². The fraction of sp³-hybridized carbons (Fsp3) is 0.533. The molecule has 11 nitrogen and oxygen atoms in total. The van der Waals surface area contributed by atoms with Crippen molar-refractivity contribution in [2.45, 2.75) is 83.8 Å². The number of H-pyrrole nitrogens is 1. The Labute approximate surface area is 238 Å². The van der Waals surface area contributed by atoms with Crippen LogP contribution in [-0.2, 0) is 0 Å². The van der Waals surface area contributed by atoms with Crippen molar-refractivity contribution in [1.29, 1.82) is 0 Å². The minimum Gasteiger partial charge on any atom is -0.492 e. The lowest BCUT2D eigenvalue weighted by Crippen LogP contribution is -2.53. The maximum absolute atomic E-state index is 13.6. The van der Waals surface area contributed by atoms with Crippen LogP contribution in [0.4, 0.5) is 4.79 Å². The molecule has 1 aliphatic heterocycles. The SMILES string of the molecule is Cc1[nH]c2c(-c3c(OCC4CC4)ccc4c3OCO4)ncnc2c1C(=O)N[C@H]1CC[C@H](N(C(=O)O)C(C)(C)C)CC1. The van der Waals surface area contributed by atoms with Gasteiger partial charge in [0.1, 0.15) is 23.3 Å². The van der Waals surface area contributed by atoms with Crippen molar-refractivity contribution in [1.82, 2.24) is 25.2 Å². The third kappa shape index (κ3) is 5.25. The van der Waals surface area contributed by atoms with Crippen molar-refractivity contribution < 1.29 is 28.9 Å². The van der Waals surface area contributed by atoms with Crippen molar-refractivity contribution in [2.75, 3.05) is 13.4 Å². The molecule has 6 rings (SSSR count). The van der Waals surface area contributed by atoms with Crippen LogP contribution >= 0.6 is 0 Å². The number of ether oxygens (including phenoxy) is 3. The molecule has 2 aromatic heterocycles. The topological polar surface area (TPSA) is 139 Å². The first-order valence-corrected chi connectivity index (χ1v) is 14.3. The van der Waals surface area contributed by atoms with Crippen molar-refractivity contribution in [3.63, 3.8) is 0 Å². The minimum absolute atomic E-state index is 0.0506. The zero-order chi connectivity index (χ0) is 28.9. The Morgan fingerprint density at radius 1 is 1.12 bits per heavy atom. The van der Waals surface area contributed by atoms with Crippen LogP contribution in [0.5, 0.6) is 17.2 Å². The van der Waals surface area contributed by atoms with Crippen LogP contribution in [0, 0.1) is 12.8 Å². The first-order chi connectivity index (χ1) is 19.6. The lowest BCUT2D eigenvalue weighted by molar-refractivity contribution is 0.0520. The normalized spacial score (nSPS) is 20.2. The molecular formula is C30H37N5O6. The smallest absolute Gasteiger partial charge is 0.407 e. The summed E-state index contributed by atoms with van der Waals surface area (Å²) in [5.74, 6) is 2.20. The van der Waals surface area contributed by atoms with E-state index in [4.69, 9.17) is 14.2 Å². The number of hydrogen-bond donors (Lipinski definition) is 3. The predicted molar refractivity (Wildman–Crippen MR) is 152 cm³/mol. The molecule has 2 amide bonds. The zero-order valence-corrected chi connectivity index (χ0v) is 24.0. The summed E-state index contributed by atoms with van der Waals surface area (Å²) in [6.45, 7) is 8.33. The Bertz CT molecular complexity index is 1480. The van der Waals surface area contributed by atoms with E-state index in [2.05, 4.69) is 20.3 Å². The van der Waals surface area contributed by atoms with Gasteiger partial charge in [-0.25, -0.2) is 14.8 Å². The molecule has 218 valence electrons. The summed E-state index contributed by atoms with van der Waals surface area (Å²) in [4.78, 5) is 39.5. The van der Waals surface area contributed by atoms with E-state index in [1.54, 1.807) is 4.90 Å². The van der Waals surface area contributed by atoms with Gasteiger partial charge in [0.25, 0.3) is 5.91 Å². The van der Waals surface area contributed by atoms with Gasteiger partial charge in [0.15, 0.2) is 11.5 Å². The number of nitrogens with zero attached hydrogens (tertiary/aromatic N) is 3. The second-order valence-corrected chi connectivity index (χ2v) is 12.3. The van der Waals surface area contributed by atoms with Crippen molar-refractivity contribution in [2.24, 2.45) is 5.92 Å². The quantitative estimate of drug-likeness (QED) is 0.353. The summed E-state index contributed by atoms with van der Waals surface area (Å²) in [5, 5.41) is 13.0. The third-order valence-electron chi connectivity index (χ3n) is 8.23. The lowest BCUT2D eigenvalue weighted by atomic mass is 9.88. The van der Waals surface area contributed by atoms with Gasteiger partial charge in [0.2, 0.25) is 6.79 Å². The highest BCUT2D eigenvalue weighted by molar-refractivity contribution is 6.09. The Balaban J connectivity index is 1.25. The predicted octanol–water partition coefficient (Wildman–Crippen LogP) is 5.27. The maximum atomic E-state index is 13.6. The van der Waals surface area contributed by atoms with Crippen molar-refractivity contribution in [3.8, 4) is 28.5 Å². The molecule has 0 spiro atoms. The molecule has 2 fully saturated rings. The summed E-state index contributed by atoms with van der Waals surface area (Å²) in [7, 11) is 0. The van der Waals surface area contributed by atoms with E-state index in [1.807, 2.05) is 39.8 Å². The highest BCUT2D eigenvalue weighted by Gasteiger charge is 2.36. The monoisotopic (exact) mass is 563 g/mol. The average molecular weight is 564 g/mol. The fourth-order valence-corrected chi connectivity index (χ4v) is 6.11. The third-order valence-corrected chi connectivity index (χ3v) is 8.23. The standard InChI is InChI=1S/C30H37N5O6/c1-16-22(28(36)34-18-7-9-19(10-8-18)35(29(37)38)30(2,3)4)24-26(33-16)25(32-14-31-24)23-20(39-13-17-5-6-17)11-12-21-27(23)41-15-40-21/h11-12,14,17-19,33H,5-10,13,15H2,1-4H3,(H,34,36)(H,37,38)/t18-,19-. The molecule has 0 saturated heterocycles. The van der Waals surface area contributed by atoms with E-state index in [0.717, 1.165) is 0 Å². The number of amides is 2. The molecule has 0 unspecified atom stereocenters. The van der Waals surface area contributed by atoms with Gasteiger partial charge in [0.05, 0.1) is 23.3 Å². The van der Waals surface area contributed by atoms with Crippen LogP contribution in [0.15, 0.2) is 18.5 Å². The zero-order valence-electron chi connectivity index (χ0n) is 24.0. The summed E-state index contributed by atoms with van der Waals surface area (Å²) >= 11 is 0. The summed E-state index contributed by atoms with van der Waals surface area (Å²) in [6, 6.07) is 3.60. The molecule has 3 N–H and O–H groups in total. The molecule has 3 heterocycles. The highest BCUT2D eigenvalue weighted by atomic mass is 16.7. The van der Waals surface area contributed by atoms with Gasteiger partial charge in [-0.05, 0) is 84.3 Å². The van der Waals surface area contributed by atoms with E-state index >= 15 is 0 Å². The molecule has 2 saturated carbocycles. The number of carbonyl (C=O) groups excluding carboxylic acids is 1. The van der Waals surface area contributed by atoms with Crippen LogP contribution < -0.4 is 19.5 Å². The molecule has 2 aliphatic carbocycles. The van der Waals surface area contributed by atoms with Crippen LogP contribution in [0.2, 0.25) is 0 Å². The molecule has 41 heavy (non-hydrogen) atoms. The Hall–Kier alpha value is -4.02. The first kappa shape index (κ1) is 27.2. The Kier molecular flexibility index (Phi) is 6.91. The number of aromatic amines is 1. The number of nitrogens with one attached hydrogen (secondary N) is 2. The van der Waals surface area contributed by atoms with Gasteiger partial charge < -0.3 is 34.5 Å². The van der Waals surface area contributed by atoms with Gasteiger partial charge in [-0.1, -0.05) is 0 Å². The second-order valence-electron chi connectivity index (χ2n) is 12.3. The number of aryl methyl sites for hydroxylation is 1. The fourth-order valence-electron chi connectivity index (χ4n) is 6.11. The first-order valence-electron chi connectivity index (χ1n) is 14.3. The van der Waals surface area contributed by atoms with E-state index < -0.39 is 11.6 Å². The molecular weight excluding hydrogens is 526 g/mol. The van der Waals surface area contributed by atoms with Gasteiger partial charge in [0, 0.05) is 23.3 Å². The second kappa shape index (κ2) is 10.4. The number of carbonyl (C=O) groups is 2. The summed E-state index contributed by atoms with van der Waals surface area (Å²) in [5.41, 5.74) is 3.09. The van der Waals surface area contributed by atoms with Gasteiger partial charge in [-0.2, -0.15) is 0 Å². The number of carboxylic acid groups (broad SMARTS) is 1. The maximum Gasteiger partial charge on any atom is 0.407 e. The Morgan fingerprint density at radius 3 is 2.56 bits per heavy atom. The number of rotatable bonds is 7. The number of benzene rings is 1. The van der Waals surface area contributed by atoms with Gasteiger partial charge in [-0.15, -0.1) is 0 Å². The Morgan fingerprint density at radius 2 is 1.88 bits per heavy atom. The molecule has 0 atom stereocenters. The largest absolute Gasteiger partial charge is 0.492 e. The molecule has 3 aliphatic rings. The van der Waals surface area contributed by atoms with Crippen molar-refractivity contribution in [3.05, 3.63) is 29.7 Å². The minimum atomic E-state index is -0.906. The molecule has 0 radical (unpaired) electrons. The van der Waals surface area contributed by atoms with E-state index in [0.29, 0.717) is 89.0 Å². The van der Waals surface area contributed by atoms with E-state index in [-0.39, 0.29) is 24.8 Å². The summed E-state index contributed by atoms with van der Waals surface area (Å²) < 4.78 is 17.7. The van der Waals surface area contributed by atoms with Gasteiger partial charge in [-0.3, -0.25) is 4.79 Å².